The summed E-state index contributed by atoms with van der Waals surface area (Å²) in [5.74, 6) is 0.712. The zero-order chi connectivity index (χ0) is 13.7. The highest BCUT2D eigenvalue weighted by molar-refractivity contribution is 5.99. The van der Waals surface area contributed by atoms with Gasteiger partial charge in [-0.15, -0.1) is 0 Å². The lowest BCUT2D eigenvalue weighted by Gasteiger charge is -2.22. The molecule has 1 aromatic rings. The molecule has 1 saturated carbocycles. The van der Waals surface area contributed by atoms with E-state index in [9.17, 15) is 4.79 Å². The Hall–Kier alpha value is -1.84. The van der Waals surface area contributed by atoms with Crippen molar-refractivity contribution in [2.75, 3.05) is 0 Å². The minimum atomic E-state index is -0.641. The molecule has 1 aromatic carbocycles. The van der Waals surface area contributed by atoms with Gasteiger partial charge in [-0.25, -0.2) is 10.2 Å². The number of carbonyl (C=O) groups excluding carboxylic acids is 1. The molecule has 0 saturated heterocycles. The van der Waals surface area contributed by atoms with Crippen molar-refractivity contribution in [3.63, 3.8) is 0 Å². The molecule has 0 unspecified atom stereocenters. The van der Waals surface area contributed by atoms with E-state index in [1.54, 1.807) is 0 Å². The van der Waals surface area contributed by atoms with Gasteiger partial charge in [0, 0.05) is 0 Å². The Bertz CT molecular complexity index is 459. The average Bonchev–Trinajstić information content (AvgIpc) is 2.46. The number of primary amides is 1. The van der Waals surface area contributed by atoms with Gasteiger partial charge in [-0.1, -0.05) is 43.5 Å². The van der Waals surface area contributed by atoms with E-state index in [0.29, 0.717) is 5.92 Å². The van der Waals surface area contributed by atoms with Crippen LogP contribution >= 0.6 is 0 Å². The highest BCUT2D eigenvalue weighted by Gasteiger charge is 2.15. The van der Waals surface area contributed by atoms with Gasteiger partial charge in [0.15, 0.2) is 0 Å². The molecular formula is C15H21N3O. The number of benzene rings is 1. The van der Waals surface area contributed by atoms with Crippen molar-refractivity contribution in [2.45, 2.75) is 44.9 Å². The summed E-state index contributed by atoms with van der Waals surface area (Å²) in [6, 6.07) is 7.83. The Morgan fingerprint density at radius 1 is 1.21 bits per heavy atom. The fraction of sp³-hybridized carbons (Fsp3) is 0.467. The second-order valence-electron chi connectivity index (χ2n) is 5.13. The highest BCUT2D eigenvalue weighted by atomic mass is 16.2. The molecule has 1 aliphatic carbocycles. The Morgan fingerprint density at radius 3 is 2.42 bits per heavy atom. The number of urea groups is 1. The lowest BCUT2D eigenvalue weighted by Crippen LogP contribution is -2.25. The molecule has 1 aliphatic rings. The summed E-state index contributed by atoms with van der Waals surface area (Å²) in [6.07, 6.45) is 6.66. The topological polar surface area (TPSA) is 67.5 Å². The van der Waals surface area contributed by atoms with E-state index in [2.05, 4.69) is 34.8 Å². The third kappa shape index (κ3) is 3.81. The van der Waals surface area contributed by atoms with Crippen molar-refractivity contribution in [2.24, 2.45) is 10.8 Å². The van der Waals surface area contributed by atoms with E-state index in [1.165, 1.54) is 37.7 Å². The molecule has 2 amide bonds. The second-order valence-corrected chi connectivity index (χ2v) is 5.13. The van der Waals surface area contributed by atoms with Crippen LogP contribution in [0.25, 0.3) is 0 Å². The molecule has 4 nitrogen and oxygen atoms in total. The average molecular weight is 259 g/mol. The van der Waals surface area contributed by atoms with Crippen LogP contribution in [0.5, 0.6) is 0 Å². The van der Waals surface area contributed by atoms with E-state index in [0.717, 1.165) is 11.3 Å². The minimum absolute atomic E-state index is 0.641. The third-order valence-electron chi connectivity index (χ3n) is 3.74. The van der Waals surface area contributed by atoms with Crippen molar-refractivity contribution in [3.05, 3.63) is 35.4 Å². The number of hydrogen-bond acceptors (Lipinski definition) is 2. The summed E-state index contributed by atoms with van der Waals surface area (Å²) in [5.41, 5.74) is 10.4. The molecule has 1 fully saturated rings. The number of nitrogens with two attached hydrogens (primary N) is 1. The van der Waals surface area contributed by atoms with E-state index >= 15 is 0 Å². The summed E-state index contributed by atoms with van der Waals surface area (Å²) < 4.78 is 0. The first-order valence-corrected chi connectivity index (χ1v) is 6.87. The van der Waals surface area contributed by atoms with Gasteiger partial charge in [0.25, 0.3) is 0 Å². The Balaban J connectivity index is 2.05. The number of hydrogen-bond donors (Lipinski definition) is 2. The fourth-order valence-corrected chi connectivity index (χ4v) is 2.64. The standard InChI is InChI=1S/C15H21N3O/c1-11(17-18-15(16)19)12-7-9-14(10-8-12)13-5-3-2-4-6-13/h7-10,13H,2-6H2,1H3,(H3,16,18,19). The summed E-state index contributed by atoms with van der Waals surface area (Å²) in [4.78, 5) is 10.6. The van der Waals surface area contributed by atoms with Crippen LogP contribution in [-0.4, -0.2) is 11.7 Å². The molecule has 0 aliphatic heterocycles. The first-order valence-electron chi connectivity index (χ1n) is 6.87. The normalized spacial score (nSPS) is 17.2. The number of nitrogens with zero attached hydrogens (tertiary/aromatic N) is 1. The second kappa shape index (κ2) is 6.36. The summed E-state index contributed by atoms with van der Waals surface area (Å²) in [5, 5.41) is 3.93. The minimum Gasteiger partial charge on any atom is -0.350 e. The fourth-order valence-electron chi connectivity index (χ4n) is 2.64. The van der Waals surface area contributed by atoms with Crippen LogP contribution in [0.2, 0.25) is 0 Å². The number of carbonyl (C=O) groups is 1. The molecule has 0 bridgehead atoms. The van der Waals surface area contributed by atoms with Gasteiger partial charge in [-0.05, 0) is 36.8 Å². The van der Waals surface area contributed by atoms with Crippen LogP contribution in [0.3, 0.4) is 0 Å². The maximum Gasteiger partial charge on any atom is 0.332 e. The summed E-state index contributed by atoms with van der Waals surface area (Å²) >= 11 is 0. The third-order valence-corrected chi connectivity index (χ3v) is 3.74. The molecule has 4 heteroatoms. The van der Waals surface area contributed by atoms with E-state index in [-0.39, 0.29) is 0 Å². The first kappa shape index (κ1) is 13.6. The highest BCUT2D eigenvalue weighted by Crippen LogP contribution is 2.32. The van der Waals surface area contributed by atoms with Gasteiger partial charge in [0.05, 0.1) is 5.71 Å². The molecule has 0 heterocycles. The predicted molar refractivity (Wildman–Crippen MR) is 77.2 cm³/mol. The van der Waals surface area contributed by atoms with Crippen molar-refractivity contribution in [1.82, 2.24) is 5.43 Å². The van der Waals surface area contributed by atoms with E-state index in [4.69, 9.17) is 5.73 Å². The van der Waals surface area contributed by atoms with Crippen molar-refractivity contribution < 1.29 is 4.79 Å². The van der Waals surface area contributed by atoms with E-state index in [1.807, 2.05) is 6.92 Å². The van der Waals surface area contributed by atoms with Gasteiger partial charge >= 0.3 is 6.03 Å². The molecule has 2 rings (SSSR count). The van der Waals surface area contributed by atoms with Crippen molar-refractivity contribution >= 4 is 11.7 Å². The van der Waals surface area contributed by atoms with Crippen LogP contribution < -0.4 is 11.2 Å². The van der Waals surface area contributed by atoms with Gasteiger partial charge in [-0.3, -0.25) is 0 Å². The molecule has 0 radical (unpaired) electrons. The summed E-state index contributed by atoms with van der Waals surface area (Å²) in [7, 11) is 0. The largest absolute Gasteiger partial charge is 0.350 e. The molecule has 102 valence electrons. The Labute approximate surface area is 114 Å². The van der Waals surface area contributed by atoms with E-state index < -0.39 is 6.03 Å². The Morgan fingerprint density at radius 2 is 1.84 bits per heavy atom. The van der Waals surface area contributed by atoms with Gasteiger partial charge in [-0.2, -0.15) is 5.10 Å². The number of amides is 2. The zero-order valence-corrected chi connectivity index (χ0v) is 11.4. The quantitative estimate of drug-likeness (QED) is 0.635. The van der Waals surface area contributed by atoms with Crippen LogP contribution in [-0.2, 0) is 0 Å². The molecule has 0 aromatic heterocycles. The number of rotatable bonds is 3. The molecule has 3 N–H and O–H groups in total. The molecular weight excluding hydrogens is 238 g/mol. The van der Waals surface area contributed by atoms with Crippen LogP contribution in [0.1, 0.15) is 56.1 Å². The number of hydrazone groups is 1. The van der Waals surface area contributed by atoms with Crippen LogP contribution in [0.15, 0.2) is 29.4 Å². The lowest BCUT2D eigenvalue weighted by molar-refractivity contribution is 0.249. The monoisotopic (exact) mass is 259 g/mol. The SMILES string of the molecule is CC(=NNC(N)=O)c1ccc(C2CCCCC2)cc1. The molecule has 0 spiro atoms. The van der Waals surface area contributed by atoms with Gasteiger partial charge in [0.1, 0.15) is 0 Å². The summed E-state index contributed by atoms with van der Waals surface area (Å²) in [6.45, 7) is 1.85. The Kier molecular flexibility index (Phi) is 4.55. The zero-order valence-electron chi connectivity index (χ0n) is 11.4. The molecule has 0 atom stereocenters. The lowest BCUT2D eigenvalue weighted by atomic mass is 9.84. The predicted octanol–water partition coefficient (Wildman–Crippen LogP) is 3.13. The van der Waals surface area contributed by atoms with Crippen molar-refractivity contribution in [1.29, 1.82) is 0 Å². The smallest absolute Gasteiger partial charge is 0.332 e. The molecule has 19 heavy (non-hydrogen) atoms. The maximum atomic E-state index is 10.6. The first-order chi connectivity index (χ1) is 9.16. The van der Waals surface area contributed by atoms with Crippen molar-refractivity contribution in [3.8, 4) is 0 Å². The van der Waals surface area contributed by atoms with Gasteiger partial charge < -0.3 is 5.73 Å². The van der Waals surface area contributed by atoms with Gasteiger partial charge in [0.2, 0.25) is 0 Å². The number of nitrogens with one attached hydrogen (secondary N) is 1. The van der Waals surface area contributed by atoms with Crippen LogP contribution in [0.4, 0.5) is 4.79 Å². The maximum absolute atomic E-state index is 10.6. The van der Waals surface area contributed by atoms with Crippen LogP contribution in [0, 0.1) is 0 Å².